The van der Waals surface area contributed by atoms with Gasteiger partial charge in [0.1, 0.15) is 0 Å². The lowest BCUT2D eigenvalue weighted by atomic mass is 10.1. The largest absolute Gasteiger partial charge is 0.390 e. The van der Waals surface area contributed by atoms with Crippen molar-refractivity contribution >= 4 is 11.8 Å². The van der Waals surface area contributed by atoms with Crippen LogP contribution in [0.25, 0.3) is 0 Å². The Morgan fingerprint density at radius 2 is 2.11 bits per heavy atom. The van der Waals surface area contributed by atoms with Crippen LogP contribution in [0.2, 0.25) is 0 Å². The fourth-order valence-electron chi connectivity index (χ4n) is 1.77. The number of hydrogen-bond donors (Lipinski definition) is 2. The molecule has 1 aromatic rings. The van der Waals surface area contributed by atoms with Gasteiger partial charge in [-0.05, 0) is 57.9 Å². The number of rotatable bonds is 8. The summed E-state index contributed by atoms with van der Waals surface area (Å²) in [7, 11) is 0. The van der Waals surface area contributed by atoms with E-state index in [1.54, 1.807) is 0 Å². The zero-order valence-electron chi connectivity index (χ0n) is 12.6. The highest BCUT2D eigenvalue weighted by Gasteiger charge is 2.12. The van der Waals surface area contributed by atoms with Crippen LogP contribution in [0.15, 0.2) is 29.2 Å². The van der Waals surface area contributed by atoms with E-state index in [0.717, 1.165) is 25.1 Å². The van der Waals surface area contributed by atoms with Crippen LogP contribution >= 0.6 is 11.8 Å². The van der Waals surface area contributed by atoms with Crippen molar-refractivity contribution in [1.29, 1.82) is 0 Å². The molecular formula is C16H27NOS. The molecule has 108 valence electrons. The van der Waals surface area contributed by atoms with Crippen LogP contribution in [0.5, 0.6) is 0 Å². The van der Waals surface area contributed by atoms with Gasteiger partial charge in [0.25, 0.3) is 0 Å². The Hall–Kier alpha value is -0.510. The second-order valence-electron chi connectivity index (χ2n) is 5.66. The van der Waals surface area contributed by atoms with Crippen LogP contribution in [0.3, 0.4) is 0 Å². The van der Waals surface area contributed by atoms with Crippen molar-refractivity contribution in [3.63, 3.8) is 0 Å². The first-order valence-electron chi connectivity index (χ1n) is 7.11. The standard InChI is InChI=1S/C16H27NOS/c1-5-10-17-13(2)14-7-6-8-15(12-14)19-11-9-16(3,4)18/h6-8,12-13,17-18H,5,9-11H2,1-4H3. The van der Waals surface area contributed by atoms with Gasteiger partial charge >= 0.3 is 0 Å². The molecule has 1 unspecified atom stereocenters. The van der Waals surface area contributed by atoms with Gasteiger partial charge in [-0.3, -0.25) is 0 Å². The van der Waals surface area contributed by atoms with E-state index >= 15 is 0 Å². The Kier molecular flexibility index (Phi) is 6.90. The first-order valence-corrected chi connectivity index (χ1v) is 8.09. The number of aliphatic hydroxyl groups is 1. The summed E-state index contributed by atoms with van der Waals surface area (Å²) in [6.07, 6.45) is 1.97. The quantitative estimate of drug-likeness (QED) is 0.706. The summed E-state index contributed by atoms with van der Waals surface area (Å²) in [5.74, 6) is 0.948. The normalized spacial score (nSPS) is 13.5. The minimum absolute atomic E-state index is 0.398. The SMILES string of the molecule is CCCNC(C)c1cccc(SCCC(C)(C)O)c1. The molecule has 0 aliphatic carbocycles. The van der Waals surface area contributed by atoms with Crippen molar-refractivity contribution in [2.75, 3.05) is 12.3 Å². The molecule has 0 amide bonds. The van der Waals surface area contributed by atoms with Crippen LogP contribution in [-0.4, -0.2) is 23.0 Å². The summed E-state index contributed by atoms with van der Waals surface area (Å²) in [4.78, 5) is 1.28. The Balaban J connectivity index is 2.52. The molecule has 2 N–H and O–H groups in total. The Morgan fingerprint density at radius 1 is 1.37 bits per heavy atom. The molecule has 0 radical (unpaired) electrons. The predicted molar refractivity (Wildman–Crippen MR) is 84.8 cm³/mol. The van der Waals surface area contributed by atoms with E-state index in [9.17, 15) is 5.11 Å². The van der Waals surface area contributed by atoms with Crippen molar-refractivity contribution in [3.05, 3.63) is 29.8 Å². The third-order valence-corrected chi connectivity index (χ3v) is 4.04. The molecule has 0 fully saturated rings. The fourth-order valence-corrected chi connectivity index (χ4v) is 3.00. The Bertz CT molecular complexity index is 373. The monoisotopic (exact) mass is 281 g/mol. The maximum atomic E-state index is 9.71. The lowest BCUT2D eigenvalue weighted by molar-refractivity contribution is 0.0778. The van der Waals surface area contributed by atoms with E-state index in [1.165, 1.54) is 10.5 Å². The predicted octanol–water partition coefficient (Wildman–Crippen LogP) is 4.00. The van der Waals surface area contributed by atoms with E-state index in [1.807, 2.05) is 25.6 Å². The first kappa shape index (κ1) is 16.5. The Morgan fingerprint density at radius 3 is 2.74 bits per heavy atom. The van der Waals surface area contributed by atoms with Gasteiger partial charge in [0.05, 0.1) is 5.60 Å². The molecule has 0 saturated carbocycles. The second-order valence-corrected chi connectivity index (χ2v) is 6.83. The summed E-state index contributed by atoms with van der Waals surface area (Å²) in [5, 5.41) is 13.2. The molecule has 0 aromatic heterocycles. The molecule has 1 aromatic carbocycles. The average molecular weight is 281 g/mol. The maximum Gasteiger partial charge on any atom is 0.0599 e. The van der Waals surface area contributed by atoms with Gasteiger partial charge < -0.3 is 10.4 Å². The van der Waals surface area contributed by atoms with Crippen molar-refractivity contribution < 1.29 is 5.11 Å². The minimum Gasteiger partial charge on any atom is -0.390 e. The van der Waals surface area contributed by atoms with E-state index in [2.05, 4.69) is 43.4 Å². The third kappa shape index (κ3) is 7.00. The molecular weight excluding hydrogens is 254 g/mol. The molecule has 0 heterocycles. The van der Waals surface area contributed by atoms with Crippen molar-refractivity contribution in [1.82, 2.24) is 5.32 Å². The van der Waals surface area contributed by atoms with Crippen LogP contribution in [0.1, 0.15) is 52.1 Å². The molecule has 0 aliphatic heterocycles. The van der Waals surface area contributed by atoms with Crippen LogP contribution in [0, 0.1) is 0 Å². The van der Waals surface area contributed by atoms with Gasteiger partial charge in [0.15, 0.2) is 0 Å². The highest BCUT2D eigenvalue weighted by Crippen LogP contribution is 2.24. The van der Waals surface area contributed by atoms with Crippen LogP contribution in [-0.2, 0) is 0 Å². The molecule has 0 aliphatic rings. The van der Waals surface area contributed by atoms with Gasteiger partial charge in [0.2, 0.25) is 0 Å². The summed E-state index contributed by atoms with van der Waals surface area (Å²) < 4.78 is 0. The molecule has 0 spiro atoms. The lowest BCUT2D eigenvalue weighted by Gasteiger charge is -2.17. The molecule has 1 atom stereocenters. The summed E-state index contributed by atoms with van der Waals surface area (Å²) in [6, 6.07) is 9.09. The van der Waals surface area contributed by atoms with Gasteiger partial charge in [-0.1, -0.05) is 19.1 Å². The van der Waals surface area contributed by atoms with Crippen LogP contribution in [0.4, 0.5) is 0 Å². The third-order valence-electron chi connectivity index (χ3n) is 3.04. The highest BCUT2D eigenvalue weighted by atomic mass is 32.2. The molecule has 1 rings (SSSR count). The maximum absolute atomic E-state index is 9.71. The van der Waals surface area contributed by atoms with Crippen molar-refractivity contribution in [3.8, 4) is 0 Å². The van der Waals surface area contributed by atoms with Gasteiger partial charge in [-0.15, -0.1) is 11.8 Å². The molecule has 3 heteroatoms. The van der Waals surface area contributed by atoms with Crippen LogP contribution < -0.4 is 5.32 Å². The average Bonchev–Trinajstić information content (AvgIpc) is 2.35. The van der Waals surface area contributed by atoms with E-state index in [0.29, 0.717) is 6.04 Å². The summed E-state index contributed by atoms with van der Waals surface area (Å²) in [5.41, 5.74) is 0.766. The first-order chi connectivity index (χ1) is 8.92. The van der Waals surface area contributed by atoms with Gasteiger partial charge in [-0.2, -0.15) is 0 Å². The fraction of sp³-hybridized carbons (Fsp3) is 0.625. The molecule has 2 nitrogen and oxygen atoms in total. The zero-order valence-corrected chi connectivity index (χ0v) is 13.4. The zero-order chi connectivity index (χ0) is 14.3. The van der Waals surface area contributed by atoms with Gasteiger partial charge in [0, 0.05) is 16.7 Å². The molecule has 19 heavy (non-hydrogen) atoms. The van der Waals surface area contributed by atoms with E-state index in [-0.39, 0.29) is 0 Å². The summed E-state index contributed by atoms with van der Waals surface area (Å²) >= 11 is 1.81. The number of thioether (sulfide) groups is 1. The summed E-state index contributed by atoms with van der Waals surface area (Å²) in [6.45, 7) is 9.16. The van der Waals surface area contributed by atoms with Crippen molar-refractivity contribution in [2.45, 2.75) is 57.1 Å². The lowest BCUT2D eigenvalue weighted by Crippen LogP contribution is -2.19. The van der Waals surface area contributed by atoms with E-state index in [4.69, 9.17) is 0 Å². The smallest absolute Gasteiger partial charge is 0.0599 e. The second kappa shape index (κ2) is 7.93. The highest BCUT2D eigenvalue weighted by molar-refractivity contribution is 7.99. The number of benzene rings is 1. The topological polar surface area (TPSA) is 32.3 Å². The number of nitrogens with one attached hydrogen (secondary N) is 1. The van der Waals surface area contributed by atoms with E-state index < -0.39 is 5.60 Å². The molecule has 0 bridgehead atoms. The Labute approximate surface area is 122 Å². The number of hydrogen-bond acceptors (Lipinski definition) is 3. The molecule has 0 saturated heterocycles. The van der Waals surface area contributed by atoms with Crippen molar-refractivity contribution in [2.24, 2.45) is 0 Å². The van der Waals surface area contributed by atoms with Gasteiger partial charge in [-0.25, -0.2) is 0 Å². The minimum atomic E-state index is -0.569.